The summed E-state index contributed by atoms with van der Waals surface area (Å²) in [6.45, 7) is 1.62. The standard InChI is InChI=1S/C17H14ClN5OS/c18-13-3-4-14-11(2-1-6-21-14)15(13)22-16-12(8-19)17(24)23(25-16)10-5-7-20-9-10/h1-4,6,10,20,22H,5,7,9H2. The largest absolute Gasteiger partial charge is 0.343 e. The van der Waals surface area contributed by atoms with Gasteiger partial charge in [0.05, 0.1) is 22.3 Å². The van der Waals surface area contributed by atoms with Crippen molar-refractivity contribution in [1.82, 2.24) is 14.3 Å². The van der Waals surface area contributed by atoms with Crippen LogP contribution in [-0.2, 0) is 0 Å². The van der Waals surface area contributed by atoms with Crippen LogP contribution in [0.2, 0.25) is 5.02 Å². The summed E-state index contributed by atoms with van der Waals surface area (Å²) in [6, 6.07) is 9.45. The summed E-state index contributed by atoms with van der Waals surface area (Å²) in [6.07, 6.45) is 2.59. The number of rotatable bonds is 3. The number of fused-ring (bicyclic) bond motifs is 1. The van der Waals surface area contributed by atoms with Crippen LogP contribution in [0.3, 0.4) is 0 Å². The minimum atomic E-state index is -0.252. The molecule has 3 aromatic rings. The maximum Gasteiger partial charge on any atom is 0.281 e. The third-order valence-corrected chi connectivity index (χ3v) is 5.75. The summed E-state index contributed by atoms with van der Waals surface area (Å²) >= 11 is 7.63. The molecule has 2 N–H and O–H groups in total. The van der Waals surface area contributed by atoms with Gasteiger partial charge >= 0.3 is 0 Å². The van der Waals surface area contributed by atoms with Gasteiger partial charge in [0.1, 0.15) is 11.1 Å². The van der Waals surface area contributed by atoms with E-state index in [0.29, 0.717) is 15.7 Å². The molecule has 1 atom stereocenters. The van der Waals surface area contributed by atoms with Crippen molar-refractivity contribution < 1.29 is 0 Å². The van der Waals surface area contributed by atoms with Gasteiger partial charge in [-0.1, -0.05) is 11.6 Å². The number of hydrogen-bond acceptors (Lipinski definition) is 6. The second-order valence-electron chi connectivity index (χ2n) is 5.80. The van der Waals surface area contributed by atoms with Crippen LogP contribution in [0.1, 0.15) is 18.0 Å². The zero-order valence-electron chi connectivity index (χ0n) is 13.1. The second-order valence-corrected chi connectivity index (χ2v) is 7.19. The van der Waals surface area contributed by atoms with Crippen LogP contribution in [0.15, 0.2) is 35.3 Å². The number of anilines is 2. The van der Waals surface area contributed by atoms with Crippen LogP contribution in [0.4, 0.5) is 10.7 Å². The van der Waals surface area contributed by atoms with Crippen molar-refractivity contribution in [1.29, 1.82) is 5.26 Å². The molecule has 1 saturated heterocycles. The van der Waals surface area contributed by atoms with Gasteiger partial charge in [-0.25, -0.2) is 0 Å². The van der Waals surface area contributed by atoms with Crippen molar-refractivity contribution in [3.05, 3.63) is 51.4 Å². The van der Waals surface area contributed by atoms with E-state index >= 15 is 0 Å². The van der Waals surface area contributed by atoms with E-state index < -0.39 is 0 Å². The summed E-state index contributed by atoms with van der Waals surface area (Å²) < 4.78 is 1.68. The number of aromatic nitrogens is 2. The van der Waals surface area contributed by atoms with Gasteiger partial charge < -0.3 is 10.6 Å². The van der Waals surface area contributed by atoms with Crippen LogP contribution < -0.4 is 16.2 Å². The van der Waals surface area contributed by atoms with Gasteiger partial charge in [-0.3, -0.25) is 13.7 Å². The van der Waals surface area contributed by atoms with E-state index in [9.17, 15) is 10.1 Å². The maximum atomic E-state index is 12.6. The van der Waals surface area contributed by atoms with E-state index in [4.69, 9.17) is 11.6 Å². The minimum absolute atomic E-state index is 0.0878. The van der Waals surface area contributed by atoms with E-state index in [2.05, 4.69) is 15.6 Å². The van der Waals surface area contributed by atoms with Crippen molar-refractivity contribution in [2.75, 3.05) is 18.4 Å². The number of nitriles is 1. The van der Waals surface area contributed by atoms with Gasteiger partial charge in [-0.15, -0.1) is 0 Å². The number of nitrogens with zero attached hydrogens (tertiary/aromatic N) is 3. The second kappa shape index (κ2) is 6.48. The lowest BCUT2D eigenvalue weighted by molar-refractivity contribution is 0.574. The molecule has 1 fully saturated rings. The molecule has 1 aliphatic heterocycles. The molecule has 2 aromatic heterocycles. The molecule has 0 amide bonds. The molecular weight excluding hydrogens is 358 g/mol. The highest BCUT2D eigenvalue weighted by molar-refractivity contribution is 7.11. The Labute approximate surface area is 152 Å². The van der Waals surface area contributed by atoms with E-state index in [0.717, 1.165) is 30.4 Å². The van der Waals surface area contributed by atoms with Crippen LogP contribution in [0.25, 0.3) is 10.9 Å². The summed E-state index contributed by atoms with van der Waals surface area (Å²) in [5, 5.41) is 17.8. The van der Waals surface area contributed by atoms with Gasteiger partial charge in [0, 0.05) is 18.1 Å². The first kappa shape index (κ1) is 16.1. The molecule has 1 aromatic carbocycles. The molecule has 0 saturated carbocycles. The number of pyridine rings is 1. The number of halogens is 1. The Morgan fingerprint density at radius 3 is 3.08 bits per heavy atom. The summed E-state index contributed by atoms with van der Waals surface area (Å²) in [5.41, 5.74) is 1.31. The van der Waals surface area contributed by atoms with Crippen molar-refractivity contribution in [2.24, 2.45) is 0 Å². The van der Waals surface area contributed by atoms with E-state index in [1.165, 1.54) is 11.5 Å². The molecule has 126 valence electrons. The van der Waals surface area contributed by atoms with Gasteiger partial charge in [-0.2, -0.15) is 5.26 Å². The molecule has 25 heavy (non-hydrogen) atoms. The molecule has 1 unspecified atom stereocenters. The fourth-order valence-electron chi connectivity index (χ4n) is 3.02. The highest BCUT2D eigenvalue weighted by Gasteiger charge is 2.24. The smallest absolute Gasteiger partial charge is 0.281 e. The first-order chi connectivity index (χ1) is 12.2. The Morgan fingerprint density at radius 2 is 2.32 bits per heavy atom. The van der Waals surface area contributed by atoms with Crippen LogP contribution in [-0.4, -0.2) is 22.0 Å². The molecule has 1 aliphatic rings. The molecule has 0 spiro atoms. The molecule has 0 radical (unpaired) electrons. The lowest BCUT2D eigenvalue weighted by Crippen LogP contribution is -2.22. The van der Waals surface area contributed by atoms with Crippen molar-refractivity contribution in [3.63, 3.8) is 0 Å². The molecule has 3 heterocycles. The zero-order valence-corrected chi connectivity index (χ0v) is 14.7. The fourth-order valence-corrected chi connectivity index (χ4v) is 4.31. The molecule has 4 rings (SSSR count). The monoisotopic (exact) mass is 371 g/mol. The predicted octanol–water partition coefficient (Wildman–Crippen LogP) is 3.26. The van der Waals surface area contributed by atoms with E-state index in [-0.39, 0.29) is 17.2 Å². The third-order valence-electron chi connectivity index (χ3n) is 4.28. The minimum Gasteiger partial charge on any atom is -0.343 e. The highest BCUT2D eigenvalue weighted by atomic mass is 35.5. The highest BCUT2D eigenvalue weighted by Crippen LogP contribution is 2.35. The maximum absolute atomic E-state index is 12.6. The van der Waals surface area contributed by atoms with Crippen LogP contribution >= 0.6 is 23.1 Å². The number of hydrogen-bond donors (Lipinski definition) is 2. The predicted molar refractivity (Wildman–Crippen MR) is 99.9 cm³/mol. The third kappa shape index (κ3) is 2.78. The quantitative estimate of drug-likeness (QED) is 0.738. The van der Waals surface area contributed by atoms with Gasteiger partial charge in [-0.05, 0) is 48.8 Å². The van der Waals surface area contributed by atoms with Gasteiger partial charge in [0.15, 0.2) is 5.56 Å². The van der Waals surface area contributed by atoms with Gasteiger partial charge in [0.25, 0.3) is 5.56 Å². The number of benzene rings is 1. The molecule has 0 aliphatic carbocycles. The Hall–Kier alpha value is -2.40. The molecule has 0 bridgehead atoms. The SMILES string of the molecule is N#Cc1c(Nc2c(Cl)ccc3ncccc23)sn(C2CCNC2)c1=O. The fraction of sp³-hybridized carbons (Fsp3) is 0.235. The van der Waals surface area contributed by atoms with Crippen molar-refractivity contribution >= 4 is 44.7 Å². The molecule has 8 heteroatoms. The van der Waals surface area contributed by atoms with Crippen molar-refractivity contribution in [3.8, 4) is 6.07 Å². The molecule has 6 nitrogen and oxygen atoms in total. The van der Waals surface area contributed by atoms with Gasteiger partial charge in [0.2, 0.25) is 0 Å². The van der Waals surface area contributed by atoms with Crippen LogP contribution in [0, 0.1) is 11.3 Å². The topological polar surface area (TPSA) is 82.7 Å². The average molecular weight is 372 g/mol. The Morgan fingerprint density at radius 1 is 1.44 bits per heavy atom. The first-order valence-electron chi connectivity index (χ1n) is 7.86. The Balaban J connectivity index is 1.82. The lowest BCUT2D eigenvalue weighted by Gasteiger charge is -2.10. The van der Waals surface area contributed by atoms with E-state index in [1.54, 1.807) is 16.2 Å². The molecular formula is C17H14ClN5OS. The van der Waals surface area contributed by atoms with Crippen molar-refractivity contribution in [2.45, 2.75) is 12.5 Å². The normalized spacial score (nSPS) is 16.9. The Bertz CT molecular complexity index is 1050. The summed E-state index contributed by atoms with van der Waals surface area (Å²) in [7, 11) is 0. The lowest BCUT2D eigenvalue weighted by atomic mass is 10.2. The Kier molecular flexibility index (Phi) is 4.17. The summed E-state index contributed by atoms with van der Waals surface area (Å²) in [4.78, 5) is 16.9. The first-order valence-corrected chi connectivity index (χ1v) is 9.01. The van der Waals surface area contributed by atoms with Crippen LogP contribution in [0.5, 0.6) is 0 Å². The van der Waals surface area contributed by atoms with E-state index in [1.807, 2.05) is 24.3 Å². The zero-order chi connectivity index (χ0) is 17.4. The number of nitrogens with one attached hydrogen (secondary N) is 2. The summed E-state index contributed by atoms with van der Waals surface area (Å²) in [5.74, 6) is 0. The average Bonchev–Trinajstić information content (AvgIpc) is 3.25.